The highest BCUT2D eigenvalue weighted by Crippen LogP contribution is 2.09. The molecule has 0 aliphatic carbocycles. The summed E-state index contributed by atoms with van der Waals surface area (Å²) in [7, 11) is 0. The summed E-state index contributed by atoms with van der Waals surface area (Å²) < 4.78 is 13.7. The van der Waals surface area contributed by atoms with Crippen LogP contribution in [0.25, 0.3) is 0 Å². The van der Waals surface area contributed by atoms with Crippen molar-refractivity contribution in [3.05, 3.63) is 69.9 Å². The smallest absolute Gasteiger partial charge is 0.244 e. The highest BCUT2D eigenvalue weighted by Gasteiger charge is 2.01. The summed E-state index contributed by atoms with van der Waals surface area (Å²) in [5, 5.41) is 3.87. The standard InChI is InChI=1S/C15H12BrFN2O/c16-13-5-1-12(2-6-13)10-18-19-15(20)9-11-3-7-14(17)8-4-11/h1-8,10H,9H2,(H,19,20)/b18-10+. The van der Waals surface area contributed by atoms with Gasteiger partial charge in [-0.1, -0.05) is 40.2 Å². The van der Waals surface area contributed by atoms with E-state index in [1.165, 1.54) is 12.1 Å². The molecule has 0 radical (unpaired) electrons. The van der Waals surface area contributed by atoms with E-state index < -0.39 is 0 Å². The molecule has 0 unspecified atom stereocenters. The van der Waals surface area contributed by atoms with Crippen molar-refractivity contribution in [3.63, 3.8) is 0 Å². The first kappa shape index (κ1) is 14.4. The van der Waals surface area contributed by atoms with Gasteiger partial charge in [0.15, 0.2) is 0 Å². The van der Waals surface area contributed by atoms with E-state index in [0.29, 0.717) is 0 Å². The molecule has 1 N–H and O–H groups in total. The Morgan fingerprint density at radius 2 is 1.80 bits per heavy atom. The van der Waals surface area contributed by atoms with E-state index in [1.54, 1.807) is 18.3 Å². The maximum atomic E-state index is 12.7. The van der Waals surface area contributed by atoms with Crippen LogP contribution in [0, 0.1) is 5.82 Å². The number of carbonyl (C=O) groups is 1. The number of rotatable bonds is 4. The molecule has 2 aromatic rings. The van der Waals surface area contributed by atoms with Gasteiger partial charge in [-0.05, 0) is 35.4 Å². The first-order valence-corrected chi connectivity index (χ1v) is 6.75. The first-order valence-electron chi connectivity index (χ1n) is 5.95. The van der Waals surface area contributed by atoms with Crippen LogP contribution in [0.2, 0.25) is 0 Å². The maximum Gasteiger partial charge on any atom is 0.244 e. The minimum atomic E-state index is -0.317. The average molecular weight is 335 g/mol. The molecule has 0 saturated carbocycles. The Kier molecular flexibility index (Phi) is 5.01. The zero-order chi connectivity index (χ0) is 14.4. The number of nitrogens with one attached hydrogen (secondary N) is 1. The van der Waals surface area contributed by atoms with Gasteiger partial charge in [0.05, 0.1) is 12.6 Å². The number of amides is 1. The molecule has 5 heteroatoms. The largest absolute Gasteiger partial charge is 0.273 e. The van der Waals surface area contributed by atoms with Crippen LogP contribution in [-0.4, -0.2) is 12.1 Å². The fourth-order valence-corrected chi connectivity index (χ4v) is 1.82. The summed E-state index contributed by atoms with van der Waals surface area (Å²) in [6.07, 6.45) is 1.73. The third-order valence-electron chi connectivity index (χ3n) is 2.55. The average Bonchev–Trinajstić information content (AvgIpc) is 2.44. The SMILES string of the molecule is O=C(Cc1ccc(F)cc1)N/N=C/c1ccc(Br)cc1. The van der Waals surface area contributed by atoms with Crippen LogP contribution in [0.15, 0.2) is 58.1 Å². The van der Waals surface area contributed by atoms with Crippen LogP contribution in [0.1, 0.15) is 11.1 Å². The zero-order valence-corrected chi connectivity index (χ0v) is 12.1. The van der Waals surface area contributed by atoms with E-state index in [9.17, 15) is 9.18 Å². The minimum absolute atomic E-state index is 0.165. The summed E-state index contributed by atoms with van der Waals surface area (Å²) in [6.45, 7) is 0. The van der Waals surface area contributed by atoms with Gasteiger partial charge in [-0.3, -0.25) is 4.79 Å². The molecule has 0 atom stereocenters. The molecule has 0 saturated heterocycles. The van der Waals surface area contributed by atoms with Crippen molar-refractivity contribution in [1.82, 2.24) is 5.43 Å². The van der Waals surface area contributed by atoms with Gasteiger partial charge < -0.3 is 0 Å². The molecular formula is C15H12BrFN2O. The van der Waals surface area contributed by atoms with Gasteiger partial charge in [0.25, 0.3) is 0 Å². The lowest BCUT2D eigenvalue weighted by Gasteiger charge is -2.00. The predicted octanol–water partition coefficient (Wildman–Crippen LogP) is 3.28. The number of hydrazone groups is 1. The number of hydrogen-bond donors (Lipinski definition) is 1. The molecule has 1 amide bonds. The summed E-state index contributed by atoms with van der Waals surface area (Å²) in [5.41, 5.74) is 4.06. The summed E-state index contributed by atoms with van der Waals surface area (Å²) in [4.78, 5) is 11.6. The predicted molar refractivity (Wildman–Crippen MR) is 80.0 cm³/mol. The van der Waals surface area contributed by atoms with Crippen LogP contribution < -0.4 is 5.43 Å². The lowest BCUT2D eigenvalue weighted by molar-refractivity contribution is -0.120. The fourth-order valence-electron chi connectivity index (χ4n) is 1.55. The third-order valence-corrected chi connectivity index (χ3v) is 3.08. The first-order chi connectivity index (χ1) is 9.63. The molecule has 2 aromatic carbocycles. The van der Waals surface area contributed by atoms with Gasteiger partial charge >= 0.3 is 0 Å². The molecule has 0 aliphatic rings. The molecule has 3 nitrogen and oxygen atoms in total. The summed E-state index contributed by atoms with van der Waals surface area (Å²) in [5.74, 6) is -0.563. The van der Waals surface area contributed by atoms with Crippen molar-refractivity contribution < 1.29 is 9.18 Å². The molecule has 0 bridgehead atoms. The number of carbonyl (C=O) groups excluding carboxylic acids is 1. The summed E-state index contributed by atoms with van der Waals surface area (Å²) >= 11 is 3.34. The Morgan fingerprint density at radius 1 is 1.15 bits per heavy atom. The molecule has 0 spiro atoms. The van der Waals surface area contributed by atoms with Crippen molar-refractivity contribution in [1.29, 1.82) is 0 Å². The van der Waals surface area contributed by atoms with Gasteiger partial charge in [0.1, 0.15) is 5.82 Å². The zero-order valence-electron chi connectivity index (χ0n) is 10.5. The Balaban J connectivity index is 1.85. The Bertz CT molecular complexity index is 609. The molecule has 0 aromatic heterocycles. The number of halogens is 2. The van der Waals surface area contributed by atoms with Crippen LogP contribution in [0.4, 0.5) is 4.39 Å². The normalized spacial score (nSPS) is 10.7. The third kappa shape index (κ3) is 4.59. The van der Waals surface area contributed by atoms with E-state index in [-0.39, 0.29) is 18.1 Å². The summed E-state index contributed by atoms with van der Waals surface area (Å²) in [6, 6.07) is 13.3. The number of benzene rings is 2. The van der Waals surface area contributed by atoms with Crippen LogP contribution in [-0.2, 0) is 11.2 Å². The van der Waals surface area contributed by atoms with Crippen molar-refractivity contribution in [2.45, 2.75) is 6.42 Å². The second kappa shape index (κ2) is 6.96. The molecule has 20 heavy (non-hydrogen) atoms. The Hall–Kier alpha value is -2.01. The molecule has 0 fully saturated rings. The van der Waals surface area contributed by atoms with E-state index in [0.717, 1.165) is 15.6 Å². The number of nitrogens with zero attached hydrogens (tertiary/aromatic N) is 1. The monoisotopic (exact) mass is 334 g/mol. The van der Waals surface area contributed by atoms with Crippen LogP contribution in [0.5, 0.6) is 0 Å². The van der Waals surface area contributed by atoms with Crippen molar-refractivity contribution in [2.75, 3.05) is 0 Å². The van der Waals surface area contributed by atoms with E-state index in [4.69, 9.17) is 0 Å². The lowest BCUT2D eigenvalue weighted by atomic mass is 10.1. The van der Waals surface area contributed by atoms with Crippen molar-refractivity contribution >= 4 is 28.1 Å². The number of hydrogen-bond acceptors (Lipinski definition) is 2. The Labute approximate surface area is 124 Å². The topological polar surface area (TPSA) is 41.5 Å². The quantitative estimate of drug-likeness (QED) is 0.676. The molecule has 2 rings (SSSR count). The fraction of sp³-hybridized carbons (Fsp3) is 0.0667. The molecular weight excluding hydrogens is 323 g/mol. The van der Waals surface area contributed by atoms with Gasteiger partial charge in [-0.2, -0.15) is 5.10 Å². The molecule has 0 heterocycles. The van der Waals surface area contributed by atoms with Crippen LogP contribution in [0.3, 0.4) is 0 Å². The molecule has 102 valence electrons. The van der Waals surface area contributed by atoms with Gasteiger partial charge in [-0.15, -0.1) is 0 Å². The molecule has 0 aliphatic heterocycles. The van der Waals surface area contributed by atoms with Crippen molar-refractivity contribution in [2.24, 2.45) is 5.10 Å². The van der Waals surface area contributed by atoms with E-state index in [1.807, 2.05) is 24.3 Å². The van der Waals surface area contributed by atoms with Gasteiger partial charge in [-0.25, -0.2) is 9.82 Å². The highest BCUT2D eigenvalue weighted by atomic mass is 79.9. The maximum absolute atomic E-state index is 12.7. The second-order valence-corrected chi connectivity index (χ2v) is 5.06. The van der Waals surface area contributed by atoms with Crippen molar-refractivity contribution in [3.8, 4) is 0 Å². The minimum Gasteiger partial charge on any atom is -0.273 e. The van der Waals surface area contributed by atoms with Crippen LogP contribution >= 0.6 is 15.9 Å². The second-order valence-electron chi connectivity index (χ2n) is 4.15. The Morgan fingerprint density at radius 3 is 2.45 bits per heavy atom. The lowest BCUT2D eigenvalue weighted by Crippen LogP contribution is -2.19. The van der Waals surface area contributed by atoms with Gasteiger partial charge in [0.2, 0.25) is 5.91 Å². The van der Waals surface area contributed by atoms with E-state index in [2.05, 4.69) is 26.5 Å². The van der Waals surface area contributed by atoms with E-state index >= 15 is 0 Å². The highest BCUT2D eigenvalue weighted by molar-refractivity contribution is 9.10. The van der Waals surface area contributed by atoms with Gasteiger partial charge in [0, 0.05) is 4.47 Å².